The second-order valence-electron chi connectivity index (χ2n) is 6.10. The van der Waals surface area contributed by atoms with Gasteiger partial charge in [-0.1, -0.05) is 42.1 Å². The number of rotatable bonds is 4. The lowest BCUT2D eigenvalue weighted by molar-refractivity contribution is 0.573. The molecule has 0 amide bonds. The van der Waals surface area contributed by atoms with Crippen LogP contribution in [0.3, 0.4) is 0 Å². The van der Waals surface area contributed by atoms with Crippen LogP contribution >= 0.6 is 11.8 Å². The van der Waals surface area contributed by atoms with Crippen molar-refractivity contribution in [1.82, 2.24) is 24.6 Å². The predicted molar refractivity (Wildman–Crippen MR) is 105 cm³/mol. The van der Waals surface area contributed by atoms with E-state index < -0.39 is 0 Å². The first-order valence-electron chi connectivity index (χ1n) is 8.53. The van der Waals surface area contributed by atoms with Gasteiger partial charge in [0.1, 0.15) is 12.1 Å². The number of aryl methyl sites for hydroxylation is 1. The maximum Gasteiger partial charge on any atom is 0.226 e. The fourth-order valence-corrected chi connectivity index (χ4v) is 3.77. The second-order valence-corrected chi connectivity index (χ2v) is 7.05. The molecule has 3 aromatic heterocycles. The predicted octanol–water partition coefficient (Wildman–Crippen LogP) is 4.53. The molecule has 0 radical (unpaired) electrons. The Morgan fingerprint density at radius 2 is 1.78 bits per heavy atom. The summed E-state index contributed by atoms with van der Waals surface area (Å²) in [4.78, 5) is 13.9. The second kappa shape index (κ2) is 6.51. The highest BCUT2D eigenvalue weighted by molar-refractivity contribution is 7.98. The van der Waals surface area contributed by atoms with Crippen molar-refractivity contribution in [3.05, 3.63) is 72.4 Å². The number of thioether (sulfide) groups is 1. The molecule has 5 aromatic rings. The smallest absolute Gasteiger partial charge is 0.226 e. The number of oxazole rings is 1. The first-order valence-corrected chi connectivity index (χ1v) is 9.51. The van der Waals surface area contributed by atoms with Crippen molar-refractivity contribution in [3.63, 3.8) is 0 Å². The van der Waals surface area contributed by atoms with E-state index in [1.54, 1.807) is 22.5 Å². The third-order valence-corrected chi connectivity index (χ3v) is 5.14. The van der Waals surface area contributed by atoms with E-state index in [-0.39, 0.29) is 0 Å². The van der Waals surface area contributed by atoms with Crippen molar-refractivity contribution in [2.75, 3.05) is 0 Å². The number of nitrogens with zero attached hydrogens (tertiary/aromatic N) is 5. The Labute approximate surface area is 159 Å². The van der Waals surface area contributed by atoms with Gasteiger partial charge in [-0.05, 0) is 31.2 Å². The van der Waals surface area contributed by atoms with Crippen LogP contribution in [-0.4, -0.2) is 24.6 Å². The molecule has 0 bridgehead atoms. The van der Waals surface area contributed by atoms with Crippen molar-refractivity contribution in [3.8, 4) is 11.5 Å². The SMILES string of the molecule is Cc1nc2c3ccccc3nc(SCc3coc(-c4ccccc4)n3)n2n1. The third-order valence-electron chi connectivity index (χ3n) is 4.18. The van der Waals surface area contributed by atoms with Crippen molar-refractivity contribution in [2.45, 2.75) is 17.8 Å². The highest BCUT2D eigenvalue weighted by Gasteiger charge is 2.13. The van der Waals surface area contributed by atoms with Crippen LogP contribution in [0.25, 0.3) is 28.0 Å². The van der Waals surface area contributed by atoms with E-state index in [1.165, 1.54) is 0 Å². The fourth-order valence-electron chi connectivity index (χ4n) is 2.95. The molecule has 0 saturated heterocycles. The van der Waals surface area contributed by atoms with Crippen LogP contribution in [0, 0.1) is 6.92 Å². The molecule has 0 aliphatic heterocycles. The summed E-state index contributed by atoms with van der Waals surface area (Å²) in [6.45, 7) is 1.89. The van der Waals surface area contributed by atoms with Crippen LogP contribution in [0.1, 0.15) is 11.5 Å². The number of hydrogen-bond acceptors (Lipinski definition) is 6. The van der Waals surface area contributed by atoms with Crippen LogP contribution < -0.4 is 0 Å². The quantitative estimate of drug-likeness (QED) is 0.340. The fraction of sp³-hybridized carbons (Fsp3) is 0.100. The lowest BCUT2D eigenvalue weighted by Crippen LogP contribution is -1.98. The molecule has 0 aliphatic rings. The van der Waals surface area contributed by atoms with Gasteiger partial charge in [0.05, 0.1) is 11.2 Å². The Morgan fingerprint density at radius 1 is 0.963 bits per heavy atom. The normalized spacial score (nSPS) is 11.4. The Hall–Kier alpha value is -3.19. The first-order chi connectivity index (χ1) is 13.3. The maximum absolute atomic E-state index is 5.62. The molecular weight excluding hydrogens is 358 g/mol. The molecule has 2 aromatic carbocycles. The topological polar surface area (TPSA) is 69.1 Å². The van der Waals surface area contributed by atoms with Crippen LogP contribution in [0.4, 0.5) is 0 Å². The zero-order chi connectivity index (χ0) is 18.2. The number of hydrogen-bond donors (Lipinski definition) is 0. The largest absolute Gasteiger partial charge is 0.444 e. The zero-order valence-corrected chi connectivity index (χ0v) is 15.3. The minimum absolute atomic E-state index is 0.624. The molecule has 0 N–H and O–H groups in total. The maximum atomic E-state index is 5.62. The summed E-state index contributed by atoms with van der Waals surface area (Å²) in [5, 5.41) is 6.29. The molecule has 6 nitrogen and oxygen atoms in total. The van der Waals surface area contributed by atoms with Gasteiger partial charge >= 0.3 is 0 Å². The number of para-hydroxylation sites is 1. The van der Waals surface area contributed by atoms with Crippen LogP contribution in [-0.2, 0) is 5.75 Å². The molecule has 0 atom stereocenters. The molecule has 5 rings (SSSR count). The molecular formula is C20H15N5OS. The Bertz CT molecular complexity index is 1250. The summed E-state index contributed by atoms with van der Waals surface area (Å²) in [7, 11) is 0. The average molecular weight is 373 g/mol. The van der Waals surface area contributed by atoms with Crippen molar-refractivity contribution < 1.29 is 4.42 Å². The summed E-state index contributed by atoms with van der Waals surface area (Å²) in [5.74, 6) is 1.98. The molecule has 0 unspecified atom stereocenters. The van der Waals surface area contributed by atoms with E-state index in [1.807, 2.05) is 61.5 Å². The summed E-state index contributed by atoms with van der Waals surface area (Å²) in [6, 6.07) is 17.9. The number of aromatic nitrogens is 5. The summed E-state index contributed by atoms with van der Waals surface area (Å²) in [6.07, 6.45) is 1.69. The van der Waals surface area contributed by atoms with Crippen molar-refractivity contribution in [2.24, 2.45) is 0 Å². The standard InChI is InChI=1S/C20H15N5OS/c1-13-21-18-16-9-5-6-10-17(16)23-20(25(18)24-13)27-12-15-11-26-19(22-15)14-7-3-2-4-8-14/h2-11H,12H2,1H3. The van der Waals surface area contributed by atoms with E-state index in [0.717, 1.165) is 38.8 Å². The van der Waals surface area contributed by atoms with E-state index in [9.17, 15) is 0 Å². The Kier molecular flexibility index (Phi) is 3.86. The van der Waals surface area contributed by atoms with Gasteiger partial charge in [0.2, 0.25) is 5.89 Å². The molecule has 0 aliphatic carbocycles. The average Bonchev–Trinajstić information content (AvgIpc) is 3.33. The minimum Gasteiger partial charge on any atom is -0.444 e. The molecule has 0 saturated carbocycles. The highest BCUT2D eigenvalue weighted by atomic mass is 32.2. The van der Waals surface area contributed by atoms with Gasteiger partial charge in [-0.3, -0.25) is 0 Å². The lowest BCUT2D eigenvalue weighted by Gasteiger charge is -2.05. The molecule has 0 spiro atoms. The highest BCUT2D eigenvalue weighted by Crippen LogP contribution is 2.27. The number of fused-ring (bicyclic) bond motifs is 3. The van der Waals surface area contributed by atoms with Gasteiger partial charge in [-0.15, -0.1) is 5.10 Å². The number of benzene rings is 2. The molecule has 132 valence electrons. The first kappa shape index (κ1) is 16.0. The molecule has 3 heterocycles. The summed E-state index contributed by atoms with van der Waals surface area (Å²) in [5.41, 5.74) is 3.56. The molecule has 7 heteroatoms. The Balaban J connectivity index is 1.47. The van der Waals surface area contributed by atoms with E-state index in [2.05, 4.69) is 15.1 Å². The van der Waals surface area contributed by atoms with E-state index in [4.69, 9.17) is 9.40 Å². The van der Waals surface area contributed by atoms with Crippen LogP contribution in [0.2, 0.25) is 0 Å². The van der Waals surface area contributed by atoms with Gasteiger partial charge in [-0.2, -0.15) is 4.52 Å². The van der Waals surface area contributed by atoms with Crippen LogP contribution in [0.15, 0.2) is 70.4 Å². The monoisotopic (exact) mass is 373 g/mol. The van der Waals surface area contributed by atoms with Gasteiger partial charge in [0.25, 0.3) is 0 Å². The summed E-state index contributed by atoms with van der Waals surface area (Å²) < 4.78 is 7.43. The van der Waals surface area contributed by atoms with Gasteiger partial charge in [-0.25, -0.2) is 15.0 Å². The van der Waals surface area contributed by atoms with Gasteiger partial charge < -0.3 is 4.42 Å². The van der Waals surface area contributed by atoms with Crippen molar-refractivity contribution in [1.29, 1.82) is 0 Å². The van der Waals surface area contributed by atoms with E-state index >= 15 is 0 Å². The van der Waals surface area contributed by atoms with E-state index in [0.29, 0.717) is 11.6 Å². The Morgan fingerprint density at radius 3 is 2.67 bits per heavy atom. The lowest BCUT2D eigenvalue weighted by atomic mass is 10.2. The van der Waals surface area contributed by atoms with Gasteiger partial charge in [0.15, 0.2) is 10.8 Å². The minimum atomic E-state index is 0.624. The summed E-state index contributed by atoms with van der Waals surface area (Å²) >= 11 is 1.57. The third kappa shape index (κ3) is 2.96. The molecule has 27 heavy (non-hydrogen) atoms. The van der Waals surface area contributed by atoms with Gasteiger partial charge in [0, 0.05) is 16.7 Å². The molecule has 0 fully saturated rings. The van der Waals surface area contributed by atoms with Crippen molar-refractivity contribution >= 4 is 28.3 Å². The van der Waals surface area contributed by atoms with Crippen LogP contribution in [0.5, 0.6) is 0 Å². The zero-order valence-electron chi connectivity index (χ0n) is 14.5.